The molecule has 0 saturated carbocycles. The predicted octanol–water partition coefficient (Wildman–Crippen LogP) is 1.63. The SMILES string of the molecule is CC(N)C(c1ccccc1)N1CCCC1C(=O)N(C)C. The van der Waals surface area contributed by atoms with E-state index >= 15 is 0 Å². The molecule has 4 nitrogen and oxygen atoms in total. The number of likely N-dealkylation sites (tertiary alicyclic amines) is 1. The third-order valence-corrected chi connectivity index (χ3v) is 4.02. The second-order valence-electron chi connectivity index (χ2n) is 5.84. The van der Waals surface area contributed by atoms with Gasteiger partial charge >= 0.3 is 0 Å². The number of hydrogen-bond donors (Lipinski definition) is 1. The summed E-state index contributed by atoms with van der Waals surface area (Å²) in [5, 5.41) is 0. The van der Waals surface area contributed by atoms with Crippen LogP contribution in [0.3, 0.4) is 0 Å². The summed E-state index contributed by atoms with van der Waals surface area (Å²) in [4.78, 5) is 16.3. The first-order valence-electron chi connectivity index (χ1n) is 7.30. The first-order valence-corrected chi connectivity index (χ1v) is 7.30. The molecular formula is C16H25N3O. The summed E-state index contributed by atoms with van der Waals surface area (Å²) >= 11 is 0. The molecule has 3 atom stereocenters. The van der Waals surface area contributed by atoms with E-state index in [1.54, 1.807) is 4.90 Å². The number of likely N-dealkylation sites (N-methyl/N-ethyl adjacent to an activating group) is 1. The van der Waals surface area contributed by atoms with Crippen LogP contribution in [0.15, 0.2) is 30.3 Å². The van der Waals surface area contributed by atoms with Gasteiger partial charge in [0.25, 0.3) is 0 Å². The van der Waals surface area contributed by atoms with Crippen molar-refractivity contribution in [3.63, 3.8) is 0 Å². The Hall–Kier alpha value is -1.39. The highest BCUT2D eigenvalue weighted by Crippen LogP contribution is 2.31. The third kappa shape index (κ3) is 3.02. The molecule has 0 spiro atoms. The van der Waals surface area contributed by atoms with Gasteiger partial charge in [0, 0.05) is 20.1 Å². The Morgan fingerprint density at radius 1 is 1.35 bits per heavy atom. The fourth-order valence-electron chi connectivity index (χ4n) is 3.13. The highest BCUT2D eigenvalue weighted by atomic mass is 16.2. The summed E-state index contributed by atoms with van der Waals surface area (Å²) in [6, 6.07) is 10.3. The Kier molecular flexibility index (Phi) is 4.78. The van der Waals surface area contributed by atoms with Gasteiger partial charge in [-0.25, -0.2) is 0 Å². The molecule has 1 saturated heterocycles. The van der Waals surface area contributed by atoms with E-state index in [9.17, 15) is 4.79 Å². The predicted molar refractivity (Wildman–Crippen MR) is 81.3 cm³/mol. The normalized spacial score (nSPS) is 22.5. The van der Waals surface area contributed by atoms with Crippen molar-refractivity contribution in [3.8, 4) is 0 Å². The molecule has 110 valence electrons. The zero-order valence-corrected chi connectivity index (χ0v) is 12.6. The van der Waals surface area contributed by atoms with E-state index in [1.165, 1.54) is 5.56 Å². The number of carbonyl (C=O) groups is 1. The van der Waals surface area contributed by atoms with Crippen molar-refractivity contribution < 1.29 is 4.79 Å². The molecule has 1 aromatic carbocycles. The summed E-state index contributed by atoms with van der Waals surface area (Å²) in [5.41, 5.74) is 7.42. The van der Waals surface area contributed by atoms with Gasteiger partial charge in [-0.15, -0.1) is 0 Å². The Bertz CT molecular complexity index is 444. The van der Waals surface area contributed by atoms with Crippen molar-refractivity contribution in [1.82, 2.24) is 9.80 Å². The molecule has 2 N–H and O–H groups in total. The van der Waals surface area contributed by atoms with Gasteiger partial charge in [0.15, 0.2) is 0 Å². The number of rotatable bonds is 4. The molecule has 0 radical (unpaired) electrons. The molecule has 1 heterocycles. The van der Waals surface area contributed by atoms with Crippen LogP contribution < -0.4 is 5.73 Å². The van der Waals surface area contributed by atoms with Crippen LogP contribution >= 0.6 is 0 Å². The van der Waals surface area contributed by atoms with Gasteiger partial charge in [-0.3, -0.25) is 9.69 Å². The van der Waals surface area contributed by atoms with E-state index in [4.69, 9.17) is 5.73 Å². The molecule has 0 aliphatic carbocycles. The van der Waals surface area contributed by atoms with E-state index in [1.807, 2.05) is 39.2 Å². The van der Waals surface area contributed by atoms with Crippen LogP contribution in [-0.4, -0.2) is 48.4 Å². The van der Waals surface area contributed by atoms with Crippen LogP contribution in [0.1, 0.15) is 31.4 Å². The van der Waals surface area contributed by atoms with Gasteiger partial charge in [-0.05, 0) is 31.9 Å². The largest absolute Gasteiger partial charge is 0.347 e. The fourth-order valence-corrected chi connectivity index (χ4v) is 3.13. The molecule has 1 aromatic rings. The Labute approximate surface area is 121 Å². The van der Waals surface area contributed by atoms with Crippen molar-refractivity contribution >= 4 is 5.91 Å². The summed E-state index contributed by atoms with van der Waals surface area (Å²) < 4.78 is 0. The topological polar surface area (TPSA) is 49.6 Å². The molecule has 1 amide bonds. The molecule has 0 bridgehead atoms. The van der Waals surface area contributed by atoms with Crippen molar-refractivity contribution in [1.29, 1.82) is 0 Å². The van der Waals surface area contributed by atoms with Gasteiger partial charge in [-0.1, -0.05) is 30.3 Å². The van der Waals surface area contributed by atoms with Crippen molar-refractivity contribution in [3.05, 3.63) is 35.9 Å². The molecule has 4 heteroatoms. The lowest BCUT2D eigenvalue weighted by Gasteiger charge is -2.36. The third-order valence-electron chi connectivity index (χ3n) is 4.02. The zero-order valence-electron chi connectivity index (χ0n) is 12.6. The highest BCUT2D eigenvalue weighted by molar-refractivity contribution is 5.81. The van der Waals surface area contributed by atoms with Crippen molar-refractivity contribution in [2.24, 2.45) is 5.73 Å². The van der Waals surface area contributed by atoms with Crippen LogP contribution in [0.4, 0.5) is 0 Å². The number of benzene rings is 1. The van der Waals surface area contributed by atoms with E-state index in [-0.39, 0.29) is 24.0 Å². The van der Waals surface area contributed by atoms with Crippen LogP contribution in [0.25, 0.3) is 0 Å². The highest BCUT2D eigenvalue weighted by Gasteiger charge is 2.37. The number of nitrogens with zero attached hydrogens (tertiary/aromatic N) is 2. The summed E-state index contributed by atoms with van der Waals surface area (Å²) in [6.07, 6.45) is 1.98. The summed E-state index contributed by atoms with van der Waals surface area (Å²) in [5.74, 6) is 0.184. The smallest absolute Gasteiger partial charge is 0.239 e. The van der Waals surface area contributed by atoms with Crippen LogP contribution in [0.2, 0.25) is 0 Å². The standard InChI is InChI=1S/C16H25N3O/c1-12(17)15(13-8-5-4-6-9-13)19-11-7-10-14(19)16(20)18(2)3/h4-6,8-9,12,14-15H,7,10-11,17H2,1-3H3. The minimum absolute atomic E-state index is 0.00652. The molecule has 20 heavy (non-hydrogen) atoms. The molecule has 1 aliphatic rings. The minimum atomic E-state index is -0.0405. The minimum Gasteiger partial charge on any atom is -0.347 e. The number of amides is 1. The van der Waals surface area contributed by atoms with Gasteiger partial charge in [0.1, 0.15) is 0 Å². The van der Waals surface area contributed by atoms with Crippen molar-refractivity contribution in [2.75, 3.05) is 20.6 Å². The molecule has 1 aliphatic heterocycles. The van der Waals surface area contributed by atoms with Gasteiger partial charge in [0.2, 0.25) is 5.91 Å². The second kappa shape index (κ2) is 6.37. The monoisotopic (exact) mass is 275 g/mol. The Morgan fingerprint density at radius 3 is 2.55 bits per heavy atom. The van der Waals surface area contributed by atoms with Crippen LogP contribution in [-0.2, 0) is 4.79 Å². The average Bonchev–Trinajstić information content (AvgIpc) is 2.87. The summed E-state index contributed by atoms with van der Waals surface area (Å²) in [7, 11) is 3.64. The number of nitrogens with two attached hydrogens (primary N) is 1. The van der Waals surface area contributed by atoms with E-state index in [0.717, 1.165) is 19.4 Å². The average molecular weight is 275 g/mol. The van der Waals surface area contributed by atoms with Gasteiger partial charge in [0.05, 0.1) is 12.1 Å². The number of hydrogen-bond acceptors (Lipinski definition) is 3. The van der Waals surface area contributed by atoms with Crippen LogP contribution in [0, 0.1) is 0 Å². The quantitative estimate of drug-likeness (QED) is 0.908. The Morgan fingerprint density at radius 2 is 2.00 bits per heavy atom. The van der Waals surface area contributed by atoms with Gasteiger partial charge < -0.3 is 10.6 Å². The maximum Gasteiger partial charge on any atom is 0.239 e. The van der Waals surface area contributed by atoms with Crippen LogP contribution in [0.5, 0.6) is 0 Å². The first kappa shape index (κ1) is 15.0. The Balaban J connectivity index is 2.27. The van der Waals surface area contributed by atoms with E-state index in [2.05, 4.69) is 17.0 Å². The maximum absolute atomic E-state index is 12.4. The zero-order chi connectivity index (χ0) is 14.7. The molecular weight excluding hydrogens is 250 g/mol. The second-order valence-corrected chi connectivity index (χ2v) is 5.84. The van der Waals surface area contributed by atoms with Gasteiger partial charge in [-0.2, -0.15) is 0 Å². The molecule has 0 aromatic heterocycles. The lowest BCUT2D eigenvalue weighted by atomic mass is 9.98. The number of carbonyl (C=O) groups excluding carboxylic acids is 1. The maximum atomic E-state index is 12.4. The van der Waals surface area contributed by atoms with E-state index in [0.29, 0.717) is 0 Å². The summed E-state index contributed by atoms with van der Waals surface area (Å²) in [6.45, 7) is 2.96. The first-order chi connectivity index (χ1) is 9.52. The lowest BCUT2D eigenvalue weighted by molar-refractivity contribution is -0.134. The van der Waals surface area contributed by atoms with Crippen molar-refractivity contribution in [2.45, 2.75) is 37.9 Å². The fraction of sp³-hybridized carbons (Fsp3) is 0.562. The molecule has 3 unspecified atom stereocenters. The molecule has 1 fully saturated rings. The lowest BCUT2D eigenvalue weighted by Crippen LogP contribution is -2.48. The molecule has 2 rings (SSSR count). The van der Waals surface area contributed by atoms with E-state index < -0.39 is 0 Å².